The Kier molecular flexibility index (Phi) is 4.26. The van der Waals surface area contributed by atoms with Gasteiger partial charge in [0.15, 0.2) is 0 Å². The van der Waals surface area contributed by atoms with E-state index in [9.17, 15) is 0 Å². The van der Waals surface area contributed by atoms with Gasteiger partial charge >= 0.3 is 0 Å². The third-order valence-corrected chi connectivity index (χ3v) is 4.26. The van der Waals surface area contributed by atoms with Crippen molar-refractivity contribution < 1.29 is 4.74 Å². The summed E-state index contributed by atoms with van der Waals surface area (Å²) in [5, 5.41) is 4.41. The summed E-state index contributed by atoms with van der Waals surface area (Å²) >= 11 is 6.18. The van der Waals surface area contributed by atoms with Gasteiger partial charge in [0.1, 0.15) is 0 Å². The van der Waals surface area contributed by atoms with Gasteiger partial charge < -0.3 is 15.0 Å². The van der Waals surface area contributed by atoms with E-state index in [1.165, 1.54) is 24.1 Å². The quantitative estimate of drug-likeness (QED) is 0.921. The topological polar surface area (TPSA) is 24.5 Å². The van der Waals surface area contributed by atoms with Gasteiger partial charge in [0, 0.05) is 29.8 Å². The third-order valence-electron chi connectivity index (χ3n) is 4.02. The van der Waals surface area contributed by atoms with Crippen molar-refractivity contribution in [3.8, 4) is 0 Å². The lowest BCUT2D eigenvalue weighted by molar-refractivity contribution is 0.122. The van der Waals surface area contributed by atoms with Crippen LogP contribution in [-0.2, 0) is 11.2 Å². The molecule has 2 saturated heterocycles. The van der Waals surface area contributed by atoms with Crippen molar-refractivity contribution in [1.82, 2.24) is 5.32 Å². The number of halogens is 1. The summed E-state index contributed by atoms with van der Waals surface area (Å²) in [6, 6.07) is 6.90. The molecular weight excluding hydrogens is 260 g/mol. The second-order valence-electron chi connectivity index (χ2n) is 5.37. The Morgan fingerprint density at radius 1 is 1.32 bits per heavy atom. The van der Waals surface area contributed by atoms with Crippen molar-refractivity contribution in [2.45, 2.75) is 25.3 Å². The van der Waals surface area contributed by atoms with Gasteiger partial charge in [0.2, 0.25) is 0 Å². The molecule has 2 heterocycles. The van der Waals surface area contributed by atoms with Crippen molar-refractivity contribution in [3.63, 3.8) is 0 Å². The van der Waals surface area contributed by atoms with Crippen LogP contribution in [0.4, 0.5) is 5.69 Å². The molecule has 2 aliphatic rings. The summed E-state index contributed by atoms with van der Waals surface area (Å²) < 4.78 is 5.44. The van der Waals surface area contributed by atoms with E-state index < -0.39 is 0 Å². The minimum absolute atomic E-state index is 0.609. The highest BCUT2D eigenvalue weighted by Gasteiger charge is 2.19. The van der Waals surface area contributed by atoms with Crippen LogP contribution in [0.25, 0.3) is 0 Å². The zero-order valence-corrected chi connectivity index (χ0v) is 12.0. The molecule has 0 radical (unpaired) electrons. The van der Waals surface area contributed by atoms with Crippen molar-refractivity contribution >= 4 is 17.3 Å². The van der Waals surface area contributed by atoms with Crippen molar-refractivity contribution in [2.24, 2.45) is 0 Å². The Morgan fingerprint density at radius 2 is 2.16 bits per heavy atom. The fourth-order valence-electron chi connectivity index (χ4n) is 3.03. The maximum Gasteiger partial charge on any atom is 0.0642 e. The zero-order valence-electron chi connectivity index (χ0n) is 11.2. The fourth-order valence-corrected chi connectivity index (χ4v) is 3.22. The summed E-state index contributed by atoms with van der Waals surface area (Å²) in [7, 11) is 0. The van der Waals surface area contributed by atoms with Crippen molar-refractivity contribution in [1.29, 1.82) is 0 Å². The number of hydrogen-bond acceptors (Lipinski definition) is 3. The maximum absolute atomic E-state index is 6.18. The van der Waals surface area contributed by atoms with Gasteiger partial charge in [-0.2, -0.15) is 0 Å². The molecule has 1 aromatic carbocycles. The number of morpholine rings is 1. The normalized spacial score (nSPS) is 23.8. The van der Waals surface area contributed by atoms with E-state index in [0.717, 1.165) is 44.3 Å². The zero-order chi connectivity index (χ0) is 13.1. The van der Waals surface area contributed by atoms with Gasteiger partial charge in [-0.1, -0.05) is 11.6 Å². The lowest BCUT2D eigenvalue weighted by Gasteiger charge is -2.31. The van der Waals surface area contributed by atoms with E-state index in [1.807, 2.05) is 6.07 Å². The van der Waals surface area contributed by atoms with Crippen LogP contribution in [0.1, 0.15) is 18.4 Å². The first-order chi connectivity index (χ1) is 9.33. The second-order valence-corrected chi connectivity index (χ2v) is 5.81. The Labute approximate surface area is 119 Å². The van der Waals surface area contributed by atoms with Crippen LogP contribution >= 0.6 is 11.6 Å². The Balaban J connectivity index is 1.80. The molecule has 1 aromatic rings. The molecule has 0 saturated carbocycles. The van der Waals surface area contributed by atoms with Crippen LogP contribution in [0.15, 0.2) is 18.2 Å². The molecule has 104 valence electrons. The van der Waals surface area contributed by atoms with Crippen LogP contribution in [0.3, 0.4) is 0 Å². The molecule has 2 fully saturated rings. The summed E-state index contributed by atoms with van der Waals surface area (Å²) in [4.78, 5) is 2.42. The van der Waals surface area contributed by atoms with Gasteiger partial charge in [-0.05, 0) is 49.6 Å². The molecule has 4 heteroatoms. The Hall–Kier alpha value is -0.770. The number of nitrogens with zero attached hydrogens (tertiary/aromatic N) is 1. The molecule has 2 aliphatic heterocycles. The predicted molar refractivity (Wildman–Crippen MR) is 79.2 cm³/mol. The van der Waals surface area contributed by atoms with E-state index in [1.54, 1.807) is 0 Å². The number of anilines is 1. The Morgan fingerprint density at radius 3 is 2.89 bits per heavy atom. The molecule has 0 amide bonds. The van der Waals surface area contributed by atoms with E-state index in [-0.39, 0.29) is 0 Å². The number of benzene rings is 1. The van der Waals surface area contributed by atoms with Gasteiger partial charge in [-0.3, -0.25) is 0 Å². The molecular formula is C15H21ClN2O. The van der Waals surface area contributed by atoms with Crippen LogP contribution in [-0.4, -0.2) is 38.9 Å². The average Bonchev–Trinajstić information content (AvgIpc) is 2.93. The van der Waals surface area contributed by atoms with E-state index >= 15 is 0 Å². The molecule has 19 heavy (non-hydrogen) atoms. The summed E-state index contributed by atoms with van der Waals surface area (Å²) in [6.45, 7) is 4.76. The second kappa shape index (κ2) is 6.12. The lowest BCUT2D eigenvalue weighted by atomic mass is 10.0. The van der Waals surface area contributed by atoms with Gasteiger partial charge in [0.25, 0.3) is 0 Å². The lowest BCUT2D eigenvalue weighted by Crippen LogP contribution is -2.37. The predicted octanol–water partition coefficient (Wildman–Crippen LogP) is 2.47. The third kappa shape index (κ3) is 3.22. The molecule has 0 spiro atoms. The summed E-state index contributed by atoms with van der Waals surface area (Å²) in [5.41, 5.74) is 2.70. The summed E-state index contributed by atoms with van der Waals surface area (Å²) in [6.07, 6.45) is 3.64. The smallest absolute Gasteiger partial charge is 0.0642 e. The molecule has 3 nitrogen and oxygen atoms in total. The van der Waals surface area contributed by atoms with Crippen LogP contribution in [0.2, 0.25) is 5.02 Å². The number of rotatable bonds is 3. The minimum atomic E-state index is 0.609. The highest BCUT2D eigenvalue weighted by molar-refractivity contribution is 6.30. The SMILES string of the molecule is Clc1ccc(N2CCOCC2)c(CC2CCCN2)c1. The summed E-state index contributed by atoms with van der Waals surface area (Å²) in [5.74, 6) is 0. The number of hydrogen-bond donors (Lipinski definition) is 1. The van der Waals surface area contributed by atoms with Crippen molar-refractivity contribution in [2.75, 3.05) is 37.7 Å². The maximum atomic E-state index is 6.18. The largest absolute Gasteiger partial charge is 0.378 e. The first-order valence-electron chi connectivity index (χ1n) is 7.17. The fraction of sp³-hybridized carbons (Fsp3) is 0.600. The van der Waals surface area contributed by atoms with Crippen LogP contribution in [0.5, 0.6) is 0 Å². The average molecular weight is 281 g/mol. The van der Waals surface area contributed by atoms with Crippen LogP contribution in [0, 0.1) is 0 Å². The number of nitrogens with one attached hydrogen (secondary N) is 1. The highest BCUT2D eigenvalue weighted by atomic mass is 35.5. The van der Waals surface area contributed by atoms with E-state index in [2.05, 4.69) is 22.3 Å². The van der Waals surface area contributed by atoms with Gasteiger partial charge in [0.05, 0.1) is 13.2 Å². The molecule has 0 bridgehead atoms. The molecule has 0 aliphatic carbocycles. The number of ether oxygens (including phenoxy) is 1. The highest BCUT2D eigenvalue weighted by Crippen LogP contribution is 2.27. The van der Waals surface area contributed by atoms with Gasteiger partial charge in [-0.25, -0.2) is 0 Å². The molecule has 1 unspecified atom stereocenters. The molecule has 1 N–H and O–H groups in total. The van der Waals surface area contributed by atoms with Crippen molar-refractivity contribution in [3.05, 3.63) is 28.8 Å². The Bertz CT molecular complexity index is 426. The monoisotopic (exact) mass is 280 g/mol. The first-order valence-corrected chi connectivity index (χ1v) is 7.55. The van der Waals surface area contributed by atoms with Crippen LogP contribution < -0.4 is 10.2 Å². The first kappa shape index (κ1) is 13.2. The van der Waals surface area contributed by atoms with E-state index in [4.69, 9.17) is 16.3 Å². The molecule has 1 atom stereocenters. The minimum Gasteiger partial charge on any atom is -0.378 e. The van der Waals surface area contributed by atoms with E-state index in [0.29, 0.717) is 6.04 Å². The molecule has 0 aromatic heterocycles. The molecule has 3 rings (SSSR count). The van der Waals surface area contributed by atoms with Gasteiger partial charge in [-0.15, -0.1) is 0 Å². The standard InChI is InChI=1S/C15H21ClN2O/c16-13-3-4-15(18-6-8-19-9-7-18)12(10-13)11-14-2-1-5-17-14/h3-4,10,14,17H,1-2,5-9,11H2.